The first-order valence-electron chi connectivity index (χ1n) is 5.42. The van der Waals surface area contributed by atoms with Gasteiger partial charge in [-0.1, -0.05) is 20.8 Å². The van der Waals surface area contributed by atoms with E-state index in [0.717, 1.165) is 19.4 Å². The molecule has 0 saturated heterocycles. The van der Waals surface area contributed by atoms with Gasteiger partial charge in [0.15, 0.2) is 0 Å². The number of hydrogen-bond donors (Lipinski definition) is 1. The van der Waals surface area contributed by atoms with Crippen LogP contribution in [-0.4, -0.2) is 16.1 Å². The van der Waals surface area contributed by atoms with E-state index in [1.54, 1.807) is 0 Å². The molecular weight excluding hydrogens is 174 g/mol. The smallest absolute Gasteiger partial charge is 0.108 e. The van der Waals surface area contributed by atoms with Crippen molar-refractivity contribution in [3.8, 4) is 0 Å². The van der Waals surface area contributed by atoms with Crippen molar-refractivity contribution in [1.82, 2.24) is 9.55 Å². The van der Waals surface area contributed by atoms with Crippen molar-refractivity contribution in [3.63, 3.8) is 0 Å². The molecule has 1 rings (SSSR count). The third kappa shape index (κ3) is 2.58. The second-order valence-electron chi connectivity index (χ2n) is 4.06. The van der Waals surface area contributed by atoms with Crippen LogP contribution in [0.1, 0.15) is 32.3 Å². The number of hydrogen-bond acceptors (Lipinski definition) is 2. The molecule has 0 aliphatic carbocycles. The first-order chi connectivity index (χ1) is 6.69. The molecule has 0 amide bonds. The van der Waals surface area contributed by atoms with Crippen LogP contribution < -0.4 is 5.73 Å². The van der Waals surface area contributed by atoms with Crippen molar-refractivity contribution in [2.45, 2.75) is 40.2 Å². The summed E-state index contributed by atoms with van der Waals surface area (Å²) in [6.07, 6.45) is 3.89. The summed E-state index contributed by atoms with van der Waals surface area (Å²) < 4.78 is 2.32. The van der Waals surface area contributed by atoms with Crippen molar-refractivity contribution in [2.75, 3.05) is 6.54 Å². The average molecular weight is 195 g/mol. The van der Waals surface area contributed by atoms with Crippen molar-refractivity contribution in [3.05, 3.63) is 17.7 Å². The van der Waals surface area contributed by atoms with Crippen molar-refractivity contribution >= 4 is 0 Å². The highest BCUT2D eigenvalue weighted by Crippen LogP contribution is 2.10. The Hall–Kier alpha value is -0.830. The van der Waals surface area contributed by atoms with Gasteiger partial charge in [-0.15, -0.1) is 0 Å². The summed E-state index contributed by atoms with van der Waals surface area (Å²) in [5, 5.41) is 0. The van der Waals surface area contributed by atoms with E-state index < -0.39 is 0 Å². The minimum atomic E-state index is 0.658. The molecule has 3 heteroatoms. The molecule has 1 aromatic heterocycles. The molecule has 1 aromatic rings. The summed E-state index contributed by atoms with van der Waals surface area (Å²) in [7, 11) is 0. The fraction of sp³-hybridized carbons (Fsp3) is 0.727. The Morgan fingerprint density at radius 3 is 2.71 bits per heavy atom. The van der Waals surface area contributed by atoms with Gasteiger partial charge in [0.05, 0.1) is 0 Å². The van der Waals surface area contributed by atoms with E-state index in [1.807, 2.05) is 6.20 Å². The zero-order chi connectivity index (χ0) is 10.6. The van der Waals surface area contributed by atoms with E-state index in [9.17, 15) is 0 Å². The van der Waals surface area contributed by atoms with Crippen molar-refractivity contribution in [1.29, 1.82) is 0 Å². The topological polar surface area (TPSA) is 43.8 Å². The first kappa shape index (κ1) is 11.2. The Morgan fingerprint density at radius 1 is 1.50 bits per heavy atom. The zero-order valence-electron chi connectivity index (χ0n) is 9.45. The fourth-order valence-electron chi connectivity index (χ4n) is 1.67. The van der Waals surface area contributed by atoms with E-state index in [2.05, 4.69) is 30.3 Å². The van der Waals surface area contributed by atoms with Gasteiger partial charge in [-0.25, -0.2) is 4.98 Å². The van der Waals surface area contributed by atoms with Crippen LogP contribution >= 0.6 is 0 Å². The van der Waals surface area contributed by atoms with Gasteiger partial charge in [-0.05, 0) is 12.5 Å². The van der Waals surface area contributed by atoms with Gasteiger partial charge in [0.2, 0.25) is 0 Å². The molecular formula is C11H21N3. The number of rotatable bonds is 5. The maximum Gasteiger partial charge on any atom is 0.108 e. The Bertz CT molecular complexity index is 276. The molecule has 0 saturated carbocycles. The van der Waals surface area contributed by atoms with Crippen molar-refractivity contribution < 1.29 is 0 Å². The van der Waals surface area contributed by atoms with E-state index in [4.69, 9.17) is 5.73 Å². The molecule has 0 aliphatic rings. The van der Waals surface area contributed by atoms with Crippen LogP contribution in [0.3, 0.4) is 0 Å². The lowest BCUT2D eigenvalue weighted by atomic mass is 10.2. The molecule has 3 nitrogen and oxygen atoms in total. The minimum Gasteiger partial charge on any atom is -0.332 e. The lowest BCUT2D eigenvalue weighted by Gasteiger charge is -2.13. The van der Waals surface area contributed by atoms with Crippen LogP contribution in [0.2, 0.25) is 0 Å². The quantitative estimate of drug-likeness (QED) is 0.775. The molecule has 0 fully saturated rings. The number of aryl methyl sites for hydroxylation is 1. The van der Waals surface area contributed by atoms with Gasteiger partial charge in [-0.2, -0.15) is 0 Å². The molecule has 1 heterocycles. The van der Waals surface area contributed by atoms with Crippen LogP contribution in [0.4, 0.5) is 0 Å². The molecule has 0 aliphatic heterocycles. The number of aromatic nitrogens is 2. The predicted molar refractivity (Wildman–Crippen MR) is 59.2 cm³/mol. The van der Waals surface area contributed by atoms with E-state index >= 15 is 0 Å². The first-order valence-corrected chi connectivity index (χ1v) is 5.42. The molecule has 80 valence electrons. The van der Waals surface area contributed by atoms with Gasteiger partial charge in [-0.3, -0.25) is 0 Å². The van der Waals surface area contributed by atoms with E-state index in [0.29, 0.717) is 12.5 Å². The summed E-state index contributed by atoms with van der Waals surface area (Å²) in [4.78, 5) is 4.41. The van der Waals surface area contributed by atoms with Gasteiger partial charge >= 0.3 is 0 Å². The molecule has 0 unspecified atom stereocenters. The second-order valence-corrected chi connectivity index (χ2v) is 4.06. The summed E-state index contributed by atoms with van der Waals surface area (Å²) in [5.74, 6) is 1.84. The van der Waals surface area contributed by atoms with E-state index in [1.165, 1.54) is 11.5 Å². The number of nitrogens with two attached hydrogens (primary N) is 1. The Balaban J connectivity index is 2.87. The minimum absolute atomic E-state index is 0.658. The molecule has 0 atom stereocenters. The van der Waals surface area contributed by atoms with Gasteiger partial charge in [0.1, 0.15) is 5.82 Å². The molecule has 0 radical (unpaired) electrons. The van der Waals surface area contributed by atoms with Crippen LogP contribution in [-0.2, 0) is 19.4 Å². The summed E-state index contributed by atoms with van der Waals surface area (Å²) >= 11 is 0. The van der Waals surface area contributed by atoms with Crippen LogP contribution in [0.25, 0.3) is 0 Å². The Morgan fingerprint density at radius 2 is 2.21 bits per heavy atom. The van der Waals surface area contributed by atoms with Crippen LogP contribution in [0.5, 0.6) is 0 Å². The fourth-order valence-corrected chi connectivity index (χ4v) is 1.67. The number of imidazole rings is 1. The maximum absolute atomic E-state index is 5.57. The van der Waals surface area contributed by atoms with E-state index in [-0.39, 0.29) is 0 Å². The molecule has 14 heavy (non-hydrogen) atoms. The molecule has 0 aromatic carbocycles. The highest BCUT2D eigenvalue weighted by molar-refractivity contribution is 5.06. The predicted octanol–water partition coefficient (Wildman–Crippen LogP) is 1.60. The maximum atomic E-state index is 5.57. The molecule has 0 spiro atoms. The van der Waals surface area contributed by atoms with Crippen LogP contribution in [0, 0.1) is 5.92 Å². The monoisotopic (exact) mass is 195 g/mol. The summed E-state index contributed by atoms with van der Waals surface area (Å²) in [6.45, 7) is 8.36. The highest BCUT2D eigenvalue weighted by Gasteiger charge is 2.08. The number of nitrogens with zero attached hydrogens (tertiary/aromatic N) is 2. The normalized spacial score (nSPS) is 11.2. The van der Waals surface area contributed by atoms with Crippen molar-refractivity contribution in [2.24, 2.45) is 11.7 Å². The third-order valence-corrected chi connectivity index (χ3v) is 2.29. The third-order valence-electron chi connectivity index (χ3n) is 2.29. The molecule has 2 N–H and O–H groups in total. The lowest BCUT2D eigenvalue weighted by Crippen LogP contribution is -2.14. The average Bonchev–Trinajstić information content (AvgIpc) is 2.48. The van der Waals surface area contributed by atoms with Gasteiger partial charge in [0.25, 0.3) is 0 Å². The lowest BCUT2D eigenvalue weighted by molar-refractivity contribution is 0.495. The van der Waals surface area contributed by atoms with Gasteiger partial charge in [0, 0.05) is 31.3 Å². The Kier molecular flexibility index (Phi) is 4.14. The second kappa shape index (κ2) is 5.15. The highest BCUT2D eigenvalue weighted by atomic mass is 15.1. The largest absolute Gasteiger partial charge is 0.332 e. The summed E-state index contributed by atoms with van der Waals surface area (Å²) in [6, 6.07) is 0. The SMILES string of the molecule is CCc1ncc(CCN)n1CC(C)C. The zero-order valence-corrected chi connectivity index (χ0v) is 9.45. The molecule has 0 bridgehead atoms. The van der Waals surface area contributed by atoms with Crippen LogP contribution in [0.15, 0.2) is 6.20 Å². The Labute approximate surface area is 86.3 Å². The summed E-state index contributed by atoms with van der Waals surface area (Å²) in [5.41, 5.74) is 6.85. The standard InChI is InChI=1S/C11H21N3/c1-4-11-13-7-10(5-6-12)14(11)8-9(2)3/h7,9H,4-6,8,12H2,1-3H3. The van der Waals surface area contributed by atoms with Gasteiger partial charge < -0.3 is 10.3 Å².